The van der Waals surface area contributed by atoms with Gasteiger partial charge in [0.05, 0.1) is 7.11 Å². The number of aromatic nitrogens is 2. The monoisotopic (exact) mass is 225 g/mol. The van der Waals surface area contributed by atoms with E-state index in [1.807, 2.05) is 0 Å². The molecule has 2 rings (SSSR count). The van der Waals surface area contributed by atoms with E-state index in [4.69, 9.17) is 0 Å². The summed E-state index contributed by atoms with van der Waals surface area (Å²) in [7, 11) is 1.30. The fraction of sp³-hybridized carbons (Fsp3) is 0.125. The number of nitrogens with zero attached hydrogens (tertiary/aromatic N) is 2. The van der Waals surface area contributed by atoms with Crippen LogP contribution in [0.1, 0.15) is 10.4 Å². The maximum Gasteiger partial charge on any atom is 0.282 e. The molecule has 0 aliphatic carbocycles. The van der Waals surface area contributed by atoms with Gasteiger partial charge in [-0.2, -0.15) is 0 Å². The van der Waals surface area contributed by atoms with Crippen molar-refractivity contribution in [1.82, 2.24) is 14.9 Å². The molecular weight excluding hydrogens is 218 g/mol. The van der Waals surface area contributed by atoms with Gasteiger partial charge in [0, 0.05) is 17.8 Å². The molecule has 0 radical (unpaired) electrons. The lowest BCUT2D eigenvalue weighted by atomic mass is 10.3. The van der Waals surface area contributed by atoms with Crippen LogP contribution in [0, 0.1) is 0 Å². The van der Waals surface area contributed by atoms with Crippen molar-refractivity contribution in [3.63, 3.8) is 0 Å². The van der Waals surface area contributed by atoms with Crippen molar-refractivity contribution in [1.29, 1.82) is 0 Å². The summed E-state index contributed by atoms with van der Waals surface area (Å²) < 4.78 is 1.31. The summed E-state index contributed by atoms with van der Waals surface area (Å²) in [6, 6.07) is 0. The topological polar surface area (TPSA) is 72.7 Å². The second-order valence-electron chi connectivity index (χ2n) is 2.67. The summed E-state index contributed by atoms with van der Waals surface area (Å²) in [6.45, 7) is 0. The fourth-order valence-electron chi connectivity index (χ4n) is 1.13. The number of carbonyl (C=O) groups is 1. The van der Waals surface area contributed by atoms with Gasteiger partial charge in [0.15, 0.2) is 4.96 Å². The summed E-state index contributed by atoms with van der Waals surface area (Å²) in [4.78, 5) is 32.0. The molecule has 2 heterocycles. The lowest BCUT2D eigenvalue weighted by Gasteiger charge is -2.00. The van der Waals surface area contributed by atoms with E-state index in [2.05, 4.69) is 15.3 Å². The molecule has 0 aliphatic rings. The average Bonchev–Trinajstić information content (AvgIpc) is 2.67. The van der Waals surface area contributed by atoms with Crippen molar-refractivity contribution in [2.24, 2.45) is 0 Å². The minimum atomic E-state index is -0.601. The molecule has 0 aromatic carbocycles. The van der Waals surface area contributed by atoms with E-state index in [1.165, 1.54) is 29.0 Å². The third kappa shape index (κ3) is 1.62. The molecule has 0 fully saturated rings. The number of carbonyl (C=O) groups excluding carboxylic acids is 1. The zero-order chi connectivity index (χ0) is 10.8. The Morgan fingerprint density at radius 1 is 1.67 bits per heavy atom. The first-order chi connectivity index (χ1) is 7.24. The van der Waals surface area contributed by atoms with E-state index in [0.29, 0.717) is 4.96 Å². The minimum Gasteiger partial charge on any atom is -0.277 e. The van der Waals surface area contributed by atoms with Crippen LogP contribution < -0.4 is 11.0 Å². The summed E-state index contributed by atoms with van der Waals surface area (Å²) >= 11 is 1.32. The van der Waals surface area contributed by atoms with E-state index >= 15 is 0 Å². The highest BCUT2D eigenvalue weighted by atomic mass is 32.1. The van der Waals surface area contributed by atoms with Gasteiger partial charge in [0.2, 0.25) is 0 Å². The Labute approximate surface area is 88.1 Å². The Morgan fingerprint density at radius 3 is 3.20 bits per heavy atom. The highest BCUT2D eigenvalue weighted by Gasteiger charge is 2.12. The molecule has 15 heavy (non-hydrogen) atoms. The molecule has 0 atom stereocenters. The van der Waals surface area contributed by atoms with Gasteiger partial charge in [-0.1, -0.05) is 0 Å². The molecule has 0 unspecified atom stereocenters. The van der Waals surface area contributed by atoms with Crippen LogP contribution >= 0.6 is 11.3 Å². The van der Waals surface area contributed by atoms with E-state index in [-0.39, 0.29) is 5.56 Å². The number of hydrogen-bond donors (Lipinski definition) is 1. The predicted molar refractivity (Wildman–Crippen MR) is 53.8 cm³/mol. The Hall–Kier alpha value is -1.73. The Balaban J connectivity index is 2.57. The Bertz CT molecular complexity index is 560. The molecule has 2 aromatic rings. The third-order valence-corrected chi connectivity index (χ3v) is 2.55. The quantitative estimate of drug-likeness (QED) is 0.733. The van der Waals surface area contributed by atoms with Crippen LogP contribution in [-0.2, 0) is 4.84 Å². The summed E-state index contributed by atoms with van der Waals surface area (Å²) in [5.74, 6) is -0.601. The van der Waals surface area contributed by atoms with Gasteiger partial charge >= 0.3 is 0 Å². The second kappa shape index (κ2) is 3.79. The lowest BCUT2D eigenvalue weighted by molar-refractivity contribution is 0.0535. The largest absolute Gasteiger partial charge is 0.282 e. The first-order valence-corrected chi connectivity index (χ1v) is 4.90. The smallest absolute Gasteiger partial charge is 0.277 e. The first kappa shape index (κ1) is 9.81. The van der Waals surface area contributed by atoms with E-state index in [9.17, 15) is 9.59 Å². The zero-order valence-electron chi connectivity index (χ0n) is 7.76. The van der Waals surface area contributed by atoms with Crippen LogP contribution in [0.3, 0.4) is 0 Å². The second-order valence-corrected chi connectivity index (χ2v) is 3.54. The van der Waals surface area contributed by atoms with Crippen molar-refractivity contribution in [3.05, 3.63) is 33.7 Å². The highest BCUT2D eigenvalue weighted by molar-refractivity contribution is 7.15. The molecule has 78 valence electrons. The predicted octanol–water partition coefficient (Wildman–Crippen LogP) is 0.0472. The molecule has 0 bridgehead atoms. The summed E-state index contributed by atoms with van der Waals surface area (Å²) in [5, 5.41) is 1.72. The first-order valence-electron chi connectivity index (χ1n) is 4.02. The van der Waals surface area contributed by atoms with Crippen LogP contribution in [0.5, 0.6) is 0 Å². The SMILES string of the molecule is CONC(=O)c1cnc2sccn2c1=O. The van der Waals surface area contributed by atoms with Gasteiger partial charge < -0.3 is 0 Å². The lowest BCUT2D eigenvalue weighted by Crippen LogP contribution is -2.30. The van der Waals surface area contributed by atoms with E-state index in [0.717, 1.165) is 0 Å². The van der Waals surface area contributed by atoms with Gasteiger partial charge in [-0.15, -0.1) is 11.3 Å². The van der Waals surface area contributed by atoms with Gasteiger partial charge in [0.1, 0.15) is 5.56 Å². The Kier molecular flexibility index (Phi) is 2.48. The average molecular weight is 225 g/mol. The van der Waals surface area contributed by atoms with Crippen LogP contribution in [-0.4, -0.2) is 22.4 Å². The molecule has 0 saturated carbocycles. The van der Waals surface area contributed by atoms with Gasteiger partial charge in [-0.3, -0.25) is 18.8 Å². The van der Waals surface area contributed by atoms with Crippen LogP contribution in [0.4, 0.5) is 0 Å². The number of amides is 1. The van der Waals surface area contributed by atoms with Crippen LogP contribution in [0.2, 0.25) is 0 Å². The summed E-state index contributed by atoms with van der Waals surface area (Å²) in [5.41, 5.74) is 1.62. The molecule has 0 spiro atoms. The fourth-order valence-corrected chi connectivity index (χ4v) is 1.80. The zero-order valence-corrected chi connectivity index (χ0v) is 8.58. The standard InChI is InChI=1S/C8H7N3O3S/c1-14-10-6(12)5-4-9-8-11(7(5)13)2-3-15-8/h2-4H,1H3,(H,10,12). The molecular formula is C8H7N3O3S. The van der Waals surface area contributed by atoms with Crippen molar-refractivity contribution >= 4 is 22.2 Å². The molecule has 7 heteroatoms. The molecule has 1 amide bonds. The van der Waals surface area contributed by atoms with Crippen molar-refractivity contribution in [2.75, 3.05) is 7.11 Å². The highest BCUT2D eigenvalue weighted by Crippen LogP contribution is 2.05. The number of nitrogens with one attached hydrogen (secondary N) is 1. The van der Waals surface area contributed by atoms with Crippen LogP contribution in [0.15, 0.2) is 22.6 Å². The summed E-state index contributed by atoms with van der Waals surface area (Å²) in [6.07, 6.45) is 2.81. The normalized spacial score (nSPS) is 10.5. The van der Waals surface area contributed by atoms with Crippen LogP contribution in [0.25, 0.3) is 4.96 Å². The maximum atomic E-state index is 11.7. The van der Waals surface area contributed by atoms with Crippen molar-refractivity contribution in [3.8, 4) is 0 Å². The number of thiazole rings is 1. The number of hydrogen-bond acceptors (Lipinski definition) is 5. The molecule has 2 aromatic heterocycles. The Morgan fingerprint density at radius 2 is 2.47 bits per heavy atom. The van der Waals surface area contributed by atoms with Crippen molar-refractivity contribution in [2.45, 2.75) is 0 Å². The molecule has 1 N–H and O–H groups in total. The van der Waals surface area contributed by atoms with E-state index in [1.54, 1.807) is 11.6 Å². The van der Waals surface area contributed by atoms with Gasteiger partial charge in [-0.05, 0) is 0 Å². The van der Waals surface area contributed by atoms with E-state index < -0.39 is 11.5 Å². The van der Waals surface area contributed by atoms with Crippen molar-refractivity contribution < 1.29 is 9.63 Å². The molecule has 6 nitrogen and oxygen atoms in total. The number of fused-ring (bicyclic) bond motifs is 1. The number of rotatable bonds is 2. The maximum absolute atomic E-state index is 11.7. The van der Waals surface area contributed by atoms with Gasteiger partial charge in [-0.25, -0.2) is 10.5 Å². The number of hydroxylamine groups is 1. The van der Waals surface area contributed by atoms with Gasteiger partial charge in [0.25, 0.3) is 11.5 Å². The molecule has 0 saturated heterocycles. The minimum absolute atomic E-state index is 0.0484. The third-order valence-electron chi connectivity index (χ3n) is 1.78. The molecule has 0 aliphatic heterocycles.